The maximum absolute atomic E-state index is 12.7. The van der Waals surface area contributed by atoms with Gasteiger partial charge in [0.25, 0.3) is 11.4 Å². The van der Waals surface area contributed by atoms with Gasteiger partial charge >= 0.3 is 5.97 Å². The number of esters is 1. The van der Waals surface area contributed by atoms with Crippen LogP contribution < -0.4 is 5.32 Å². The number of anilines is 1. The van der Waals surface area contributed by atoms with Crippen LogP contribution in [-0.2, 0) is 4.74 Å². The number of nitrogens with one attached hydrogen (secondary N) is 1. The van der Waals surface area contributed by atoms with E-state index in [0.717, 1.165) is 23.2 Å². The third kappa shape index (κ3) is 4.68. The molecule has 5 rings (SSSR count). The molecule has 10 heteroatoms. The van der Waals surface area contributed by atoms with E-state index < -0.39 is 28.2 Å². The summed E-state index contributed by atoms with van der Waals surface area (Å²) in [5, 5.41) is 25.3. The summed E-state index contributed by atoms with van der Waals surface area (Å²) in [7, 11) is 0. The van der Waals surface area contributed by atoms with Gasteiger partial charge in [-0.25, -0.2) is 4.79 Å². The van der Waals surface area contributed by atoms with Crippen LogP contribution in [-0.4, -0.2) is 28.2 Å². The summed E-state index contributed by atoms with van der Waals surface area (Å²) >= 11 is 0. The molecule has 1 N–H and O–H groups in total. The Kier molecular flexibility index (Phi) is 6.22. The number of rotatable bonds is 7. The van der Waals surface area contributed by atoms with Gasteiger partial charge in [-0.3, -0.25) is 25.0 Å². The van der Waals surface area contributed by atoms with Crippen LogP contribution in [0.3, 0.4) is 0 Å². The second-order valence-corrected chi connectivity index (χ2v) is 8.93. The molecule has 186 valence electrons. The van der Waals surface area contributed by atoms with Gasteiger partial charge < -0.3 is 10.1 Å². The predicted octanol–water partition coefficient (Wildman–Crippen LogP) is 5.37. The monoisotopic (exact) mass is 499 g/mol. The summed E-state index contributed by atoms with van der Waals surface area (Å²) < 4.78 is 5.23. The Bertz CT molecular complexity index is 1430. The molecule has 1 heterocycles. The van der Waals surface area contributed by atoms with Gasteiger partial charge in [-0.15, -0.1) is 0 Å². The van der Waals surface area contributed by atoms with Crippen molar-refractivity contribution in [3.05, 3.63) is 121 Å². The van der Waals surface area contributed by atoms with Gasteiger partial charge in [-0.05, 0) is 53.8 Å². The van der Waals surface area contributed by atoms with E-state index in [1.807, 2.05) is 0 Å². The molecule has 10 nitrogen and oxygen atoms in total. The summed E-state index contributed by atoms with van der Waals surface area (Å²) in [5.74, 6) is -0.892. The standard InChI is InChI=1S/C27H21N3O7/c31-25(16-4-9-19(10-5-16)29(33)34)15-37-27(32)18-8-13-24-23(14-18)21-2-1-3-22(21)26(28-24)17-6-11-20(12-7-17)30(35)36/h1-2,4-14,21-22,26,28H,3,15H2/t21-,22-,26+/m0/s1. The average molecular weight is 499 g/mol. The van der Waals surface area contributed by atoms with Gasteiger partial charge in [0.05, 0.1) is 21.5 Å². The van der Waals surface area contributed by atoms with E-state index in [1.54, 1.807) is 30.3 Å². The largest absolute Gasteiger partial charge is 0.454 e. The fourth-order valence-corrected chi connectivity index (χ4v) is 4.92. The van der Waals surface area contributed by atoms with E-state index >= 15 is 0 Å². The molecule has 0 unspecified atom stereocenters. The zero-order valence-corrected chi connectivity index (χ0v) is 19.4. The molecule has 0 fully saturated rings. The number of hydrogen-bond donors (Lipinski definition) is 1. The third-order valence-corrected chi connectivity index (χ3v) is 6.80. The van der Waals surface area contributed by atoms with Crippen molar-refractivity contribution >= 4 is 28.8 Å². The van der Waals surface area contributed by atoms with Crippen molar-refractivity contribution in [2.75, 3.05) is 11.9 Å². The lowest BCUT2D eigenvalue weighted by molar-refractivity contribution is -0.385. The average Bonchev–Trinajstić information content (AvgIpc) is 3.41. The van der Waals surface area contributed by atoms with Gasteiger partial charge in [0.1, 0.15) is 0 Å². The van der Waals surface area contributed by atoms with Gasteiger partial charge in [0.15, 0.2) is 12.4 Å². The van der Waals surface area contributed by atoms with Gasteiger partial charge in [0.2, 0.25) is 0 Å². The molecule has 1 aliphatic carbocycles. The molecular weight excluding hydrogens is 478 g/mol. The van der Waals surface area contributed by atoms with Gasteiger partial charge in [-0.2, -0.15) is 0 Å². The second-order valence-electron chi connectivity index (χ2n) is 8.93. The second kappa shape index (κ2) is 9.65. The van der Waals surface area contributed by atoms with E-state index in [4.69, 9.17) is 4.74 Å². The van der Waals surface area contributed by atoms with Crippen LogP contribution in [0.25, 0.3) is 0 Å². The number of nitro benzene ring substituents is 2. The Balaban J connectivity index is 1.30. The number of allylic oxidation sites excluding steroid dienone is 2. The van der Waals surface area contributed by atoms with Crippen molar-refractivity contribution in [1.29, 1.82) is 0 Å². The molecule has 37 heavy (non-hydrogen) atoms. The number of nitrogens with zero attached hydrogens (tertiary/aromatic N) is 2. The third-order valence-electron chi connectivity index (χ3n) is 6.80. The molecule has 0 aromatic heterocycles. The highest BCUT2D eigenvalue weighted by Crippen LogP contribution is 2.50. The van der Waals surface area contributed by atoms with Crippen LogP contribution in [0.1, 0.15) is 50.2 Å². The number of ether oxygens (including phenoxy) is 1. The number of benzene rings is 3. The zero-order chi connectivity index (χ0) is 26.1. The molecule has 1 aliphatic heterocycles. The molecule has 0 radical (unpaired) electrons. The first-order valence-corrected chi connectivity index (χ1v) is 11.6. The molecule has 0 saturated carbocycles. The quantitative estimate of drug-likeness (QED) is 0.150. The number of fused-ring (bicyclic) bond motifs is 3. The normalized spacial score (nSPS) is 19.3. The van der Waals surface area contributed by atoms with E-state index in [1.165, 1.54) is 36.4 Å². The summed E-state index contributed by atoms with van der Waals surface area (Å²) in [4.78, 5) is 45.9. The minimum absolute atomic E-state index is 0.0382. The Morgan fingerprint density at radius 2 is 1.51 bits per heavy atom. The summed E-state index contributed by atoms with van der Waals surface area (Å²) in [5.41, 5.74) is 3.17. The maximum atomic E-state index is 12.7. The number of ketones is 1. The summed E-state index contributed by atoms with van der Waals surface area (Å²) in [6.45, 7) is -0.486. The zero-order valence-electron chi connectivity index (χ0n) is 19.4. The summed E-state index contributed by atoms with van der Waals surface area (Å²) in [6.07, 6.45) is 5.02. The Labute approximate surface area is 210 Å². The maximum Gasteiger partial charge on any atom is 0.338 e. The highest BCUT2D eigenvalue weighted by atomic mass is 16.6. The molecular formula is C27H21N3O7. The minimum Gasteiger partial charge on any atom is -0.454 e. The Hall–Kier alpha value is -4.86. The molecule has 0 saturated heterocycles. The molecule has 0 bridgehead atoms. The van der Waals surface area contributed by atoms with Crippen LogP contribution in [0.2, 0.25) is 0 Å². The van der Waals surface area contributed by atoms with Crippen molar-refractivity contribution in [3.8, 4) is 0 Å². The van der Waals surface area contributed by atoms with Crippen molar-refractivity contribution < 1.29 is 24.2 Å². The molecule has 3 atom stereocenters. The van der Waals surface area contributed by atoms with Crippen molar-refractivity contribution in [3.63, 3.8) is 0 Å². The molecule has 3 aromatic carbocycles. The van der Waals surface area contributed by atoms with Crippen LogP contribution in [0.15, 0.2) is 78.9 Å². The van der Waals surface area contributed by atoms with Crippen molar-refractivity contribution in [1.82, 2.24) is 0 Å². The van der Waals surface area contributed by atoms with Crippen LogP contribution in [0, 0.1) is 26.1 Å². The van der Waals surface area contributed by atoms with Crippen LogP contribution in [0.4, 0.5) is 17.1 Å². The number of Topliss-reactive ketones (excluding diaryl/α,β-unsaturated/α-hetero) is 1. The molecule has 0 amide bonds. The fraction of sp³-hybridized carbons (Fsp3) is 0.185. The predicted molar refractivity (Wildman–Crippen MR) is 134 cm³/mol. The number of hydrogen-bond acceptors (Lipinski definition) is 8. The first kappa shape index (κ1) is 23.9. The topological polar surface area (TPSA) is 142 Å². The highest BCUT2D eigenvalue weighted by molar-refractivity contribution is 5.99. The fourth-order valence-electron chi connectivity index (χ4n) is 4.92. The first-order chi connectivity index (χ1) is 17.8. The van der Waals surface area contributed by atoms with E-state index in [2.05, 4.69) is 17.5 Å². The van der Waals surface area contributed by atoms with E-state index in [-0.39, 0.29) is 34.8 Å². The summed E-state index contributed by atoms with van der Waals surface area (Å²) in [6, 6.07) is 16.8. The lowest BCUT2D eigenvalue weighted by Gasteiger charge is -2.37. The molecule has 2 aliphatic rings. The van der Waals surface area contributed by atoms with Crippen LogP contribution >= 0.6 is 0 Å². The smallest absolute Gasteiger partial charge is 0.338 e. The highest BCUT2D eigenvalue weighted by Gasteiger charge is 2.38. The van der Waals surface area contributed by atoms with E-state index in [9.17, 15) is 29.8 Å². The Morgan fingerprint density at radius 3 is 2.16 bits per heavy atom. The van der Waals surface area contributed by atoms with Crippen molar-refractivity contribution in [2.45, 2.75) is 18.4 Å². The SMILES string of the molecule is O=C(COC(=O)c1ccc2c(c1)[C@H]1C=CC[C@@H]1[C@@H](c1ccc([N+](=O)[O-])cc1)N2)c1ccc([N+](=O)[O-])cc1. The minimum atomic E-state index is -0.644. The molecule has 0 spiro atoms. The lowest BCUT2D eigenvalue weighted by atomic mass is 9.76. The Morgan fingerprint density at radius 1 is 0.892 bits per heavy atom. The van der Waals surface area contributed by atoms with E-state index in [0.29, 0.717) is 5.56 Å². The number of carbonyl (C=O) groups is 2. The van der Waals surface area contributed by atoms with Gasteiger partial charge in [-0.1, -0.05) is 24.3 Å². The molecule has 3 aromatic rings. The van der Waals surface area contributed by atoms with Crippen molar-refractivity contribution in [2.24, 2.45) is 5.92 Å². The number of nitro groups is 2. The first-order valence-electron chi connectivity index (χ1n) is 11.6. The van der Waals surface area contributed by atoms with Gasteiger partial charge in [0, 0.05) is 41.4 Å². The lowest BCUT2D eigenvalue weighted by Crippen LogP contribution is -2.29. The number of carbonyl (C=O) groups excluding carboxylic acids is 2. The number of non-ortho nitro benzene ring substituents is 2. The van der Waals surface area contributed by atoms with Crippen LogP contribution in [0.5, 0.6) is 0 Å².